The summed E-state index contributed by atoms with van der Waals surface area (Å²) < 4.78 is 10.5. The molecule has 0 aromatic carbocycles. The molecule has 2 rings (SSSR count). The smallest absolute Gasteiger partial charge is 0.341 e. The van der Waals surface area contributed by atoms with Crippen molar-refractivity contribution in [2.45, 2.75) is 25.9 Å². The molecule has 0 saturated carbocycles. The fourth-order valence-corrected chi connectivity index (χ4v) is 2.42. The first-order valence-electron chi connectivity index (χ1n) is 6.66. The number of methoxy groups -OCH3 is 1. The third-order valence-electron chi connectivity index (χ3n) is 3.27. The minimum atomic E-state index is -0.346. The van der Waals surface area contributed by atoms with Crippen molar-refractivity contribution >= 4 is 11.8 Å². The molecule has 0 bridgehead atoms. The van der Waals surface area contributed by atoms with Crippen LogP contribution in [0.1, 0.15) is 30.1 Å². The highest BCUT2D eigenvalue weighted by Gasteiger charge is 2.24. The average molecular weight is 264 g/mol. The standard InChI is InChI=1S/C14H20N2O3/c1-3-19-11-6-5-9-16(10-11)13-12(14(17)18-2)7-4-8-15-13/h4,7-8,11H,3,5-6,9-10H2,1-2H3/t11-/m0/s1. The minimum absolute atomic E-state index is 0.214. The second kappa shape index (κ2) is 6.52. The van der Waals surface area contributed by atoms with E-state index in [1.807, 2.05) is 6.92 Å². The van der Waals surface area contributed by atoms with Gasteiger partial charge in [0.25, 0.3) is 0 Å². The minimum Gasteiger partial charge on any atom is -0.465 e. The highest BCUT2D eigenvalue weighted by atomic mass is 16.5. The lowest BCUT2D eigenvalue weighted by Gasteiger charge is -2.33. The van der Waals surface area contributed by atoms with Gasteiger partial charge < -0.3 is 14.4 Å². The average Bonchev–Trinajstić information content (AvgIpc) is 2.47. The fourth-order valence-electron chi connectivity index (χ4n) is 2.42. The molecule has 5 nitrogen and oxygen atoms in total. The van der Waals surface area contributed by atoms with Crippen LogP contribution in [-0.2, 0) is 9.47 Å². The first kappa shape index (κ1) is 13.8. The Morgan fingerprint density at radius 2 is 2.42 bits per heavy atom. The van der Waals surface area contributed by atoms with Gasteiger partial charge in [0.2, 0.25) is 0 Å². The Kier molecular flexibility index (Phi) is 4.74. The van der Waals surface area contributed by atoms with E-state index >= 15 is 0 Å². The number of piperidine rings is 1. The van der Waals surface area contributed by atoms with Gasteiger partial charge in [-0.25, -0.2) is 9.78 Å². The Hall–Kier alpha value is -1.62. The van der Waals surface area contributed by atoms with E-state index < -0.39 is 0 Å². The monoisotopic (exact) mass is 264 g/mol. The van der Waals surface area contributed by atoms with Gasteiger partial charge in [0.15, 0.2) is 0 Å². The number of nitrogens with zero attached hydrogens (tertiary/aromatic N) is 2. The molecule has 0 N–H and O–H groups in total. The van der Waals surface area contributed by atoms with Crippen molar-refractivity contribution in [2.75, 3.05) is 31.7 Å². The quantitative estimate of drug-likeness (QED) is 0.777. The first-order chi connectivity index (χ1) is 9.26. The zero-order valence-corrected chi connectivity index (χ0v) is 11.5. The number of anilines is 1. The summed E-state index contributed by atoms with van der Waals surface area (Å²) >= 11 is 0. The molecule has 1 aromatic heterocycles. The lowest BCUT2D eigenvalue weighted by molar-refractivity contribution is 0.0519. The van der Waals surface area contributed by atoms with Crippen LogP contribution in [0.3, 0.4) is 0 Å². The molecule has 1 fully saturated rings. The highest BCUT2D eigenvalue weighted by molar-refractivity contribution is 5.94. The number of hydrogen-bond donors (Lipinski definition) is 0. The number of carbonyl (C=O) groups excluding carboxylic acids is 1. The molecule has 0 amide bonds. The maximum Gasteiger partial charge on any atom is 0.341 e. The predicted molar refractivity (Wildman–Crippen MR) is 72.4 cm³/mol. The van der Waals surface area contributed by atoms with Gasteiger partial charge in [-0.15, -0.1) is 0 Å². The Balaban J connectivity index is 2.19. The van der Waals surface area contributed by atoms with Crippen molar-refractivity contribution in [3.63, 3.8) is 0 Å². The number of pyridine rings is 1. The molecule has 19 heavy (non-hydrogen) atoms. The van der Waals surface area contributed by atoms with Crippen molar-refractivity contribution in [3.8, 4) is 0 Å². The third kappa shape index (κ3) is 3.23. The summed E-state index contributed by atoms with van der Waals surface area (Å²) in [4.78, 5) is 18.2. The van der Waals surface area contributed by atoms with Crippen molar-refractivity contribution < 1.29 is 14.3 Å². The van der Waals surface area contributed by atoms with Gasteiger partial charge in [-0.3, -0.25) is 0 Å². The van der Waals surface area contributed by atoms with E-state index in [0.29, 0.717) is 18.0 Å². The van der Waals surface area contributed by atoms with Crippen molar-refractivity contribution in [3.05, 3.63) is 23.9 Å². The fraction of sp³-hybridized carbons (Fsp3) is 0.571. The molecule has 0 unspecified atom stereocenters. The van der Waals surface area contributed by atoms with Gasteiger partial charge in [-0.05, 0) is 31.9 Å². The van der Waals surface area contributed by atoms with Gasteiger partial charge in [0.05, 0.1) is 13.2 Å². The maximum absolute atomic E-state index is 11.8. The lowest BCUT2D eigenvalue weighted by Crippen LogP contribution is -2.40. The molecular weight excluding hydrogens is 244 g/mol. The van der Waals surface area contributed by atoms with E-state index in [1.165, 1.54) is 7.11 Å². The SMILES string of the molecule is CCO[C@H]1CCCN(c2ncccc2C(=O)OC)C1. The summed E-state index contributed by atoms with van der Waals surface area (Å²) in [5.74, 6) is 0.348. The van der Waals surface area contributed by atoms with Gasteiger partial charge in [-0.2, -0.15) is 0 Å². The number of ether oxygens (including phenoxy) is 2. The molecule has 5 heteroatoms. The van der Waals surface area contributed by atoms with Gasteiger partial charge in [0, 0.05) is 25.9 Å². The number of carbonyl (C=O) groups is 1. The molecule has 1 atom stereocenters. The van der Waals surface area contributed by atoms with Gasteiger partial charge >= 0.3 is 5.97 Å². The third-order valence-corrected chi connectivity index (χ3v) is 3.27. The van der Waals surface area contributed by atoms with Crippen LogP contribution >= 0.6 is 0 Å². The summed E-state index contributed by atoms with van der Waals surface area (Å²) in [6.07, 6.45) is 4.02. The molecule has 0 spiro atoms. The van der Waals surface area contributed by atoms with Crippen molar-refractivity contribution in [1.82, 2.24) is 4.98 Å². The van der Waals surface area contributed by atoms with Gasteiger partial charge in [-0.1, -0.05) is 0 Å². The molecule has 1 aromatic rings. The first-order valence-corrected chi connectivity index (χ1v) is 6.66. The van der Waals surface area contributed by atoms with E-state index in [2.05, 4.69) is 9.88 Å². The molecule has 2 heterocycles. The number of rotatable bonds is 4. The molecular formula is C14H20N2O3. The second-order valence-corrected chi connectivity index (χ2v) is 4.53. The Labute approximate surface area is 113 Å². The summed E-state index contributed by atoms with van der Waals surface area (Å²) in [6, 6.07) is 3.50. The van der Waals surface area contributed by atoms with Crippen LogP contribution in [0.5, 0.6) is 0 Å². The largest absolute Gasteiger partial charge is 0.465 e. The van der Waals surface area contributed by atoms with E-state index in [9.17, 15) is 4.79 Å². The van der Waals surface area contributed by atoms with Crippen LogP contribution in [0.25, 0.3) is 0 Å². The van der Waals surface area contributed by atoms with Crippen LogP contribution in [0.2, 0.25) is 0 Å². The Morgan fingerprint density at radius 1 is 1.58 bits per heavy atom. The van der Waals surface area contributed by atoms with E-state index in [4.69, 9.17) is 9.47 Å². The molecule has 104 valence electrons. The van der Waals surface area contributed by atoms with E-state index in [0.717, 1.165) is 25.9 Å². The molecule has 1 aliphatic rings. The van der Waals surface area contributed by atoms with Crippen LogP contribution < -0.4 is 4.90 Å². The van der Waals surface area contributed by atoms with E-state index in [-0.39, 0.29) is 12.1 Å². The van der Waals surface area contributed by atoms with Crippen molar-refractivity contribution in [2.24, 2.45) is 0 Å². The summed E-state index contributed by atoms with van der Waals surface area (Å²) in [5.41, 5.74) is 0.516. The van der Waals surface area contributed by atoms with Crippen LogP contribution in [0.4, 0.5) is 5.82 Å². The maximum atomic E-state index is 11.8. The topological polar surface area (TPSA) is 51.7 Å². The lowest BCUT2D eigenvalue weighted by atomic mass is 10.1. The summed E-state index contributed by atoms with van der Waals surface area (Å²) in [5, 5.41) is 0. The second-order valence-electron chi connectivity index (χ2n) is 4.53. The molecule has 1 aliphatic heterocycles. The highest BCUT2D eigenvalue weighted by Crippen LogP contribution is 2.23. The van der Waals surface area contributed by atoms with Crippen LogP contribution in [-0.4, -0.2) is 43.9 Å². The van der Waals surface area contributed by atoms with Gasteiger partial charge in [0.1, 0.15) is 11.4 Å². The van der Waals surface area contributed by atoms with Crippen molar-refractivity contribution in [1.29, 1.82) is 0 Å². The molecule has 1 saturated heterocycles. The summed E-state index contributed by atoms with van der Waals surface area (Å²) in [6.45, 7) is 4.38. The molecule has 0 aliphatic carbocycles. The predicted octanol–water partition coefficient (Wildman–Crippen LogP) is 1.87. The van der Waals surface area contributed by atoms with E-state index in [1.54, 1.807) is 18.3 Å². The summed E-state index contributed by atoms with van der Waals surface area (Å²) in [7, 11) is 1.39. The number of hydrogen-bond acceptors (Lipinski definition) is 5. The zero-order chi connectivity index (χ0) is 13.7. The Morgan fingerprint density at radius 3 is 3.16 bits per heavy atom. The normalized spacial score (nSPS) is 19.3. The van der Waals surface area contributed by atoms with Crippen LogP contribution in [0, 0.1) is 0 Å². The van der Waals surface area contributed by atoms with Crippen LogP contribution in [0.15, 0.2) is 18.3 Å². The number of aromatic nitrogens is 1. The zero-order valence-electron chi connectivity index (χ0n) is 11.5. The molecule has 0 radical (unpaired) electrons. The number of esters is 1. The Bertz CT molecular complexity index is 434.